The number of carbonyl (C=O) groups is 2. The number of ether oxygens (including phenoxy) is 1. The molecule has 0 N–H and O–H groups in total. The summed E-state index contributed by atoms with van der Waals surface area (Å²) in [6, 6.07) is 14.0. The Kier molecular flexibility index (Phi) is 8.00. The zero-order valence-corrected chi connectivity index (χ0v) is 17.3. The zero-order valence-electron chi connectivity index (χ0n) is 16.5. The van der Waals surface area contributed by atoms with Crippen molar-refractivity contribution in [2.45, 2.75) is 39.9 Å². The van der Waals surface area contributed by atoms with E-state index < -0.39 is 0 Å². The normalized spacial score (nSPS) is 10.9. The Labute approximate surface area is 165 Å². The third-order valence-corrected chi connectivity index (χ3v) is 5.21. The van der Waals surface area contributed by atoms with Crippen molar-refractivity contribution in [2.75, 3.05) is 20.3 Å². The van der Waals surface area contributed by atoms with Crippen molar-refractivity contribution < 1.29 is 14.3 Å². The number of hydrogen-bond donors (Lipinski definition) is 0. The number of carbonyl (C=O) groups excluding carboxylic acids is 2. The lowest BCUT2D eigenvalue weighted by molar-refractivity contribution is -0.144. The average Bonchev–Trinajstić information content (AvgIpc) is 3.04. The number of benzene rings is 1. The summed E-state index contributed by atoms with van der Waals surface area (Å²) < 4.78 is 4.96. The van der Waals surface area contributed by atoms with Crippen LogP contribution in [0.5, 0.6) is 0 Å². The number of aryl methyl sites for hydroxylation is 1. The highest BCUT2D eigenvalue weighted by Crippen LogP contribution is 2.19. The van der Waals surface area contributed by atoms with Gasteiger partial charge in [0.15, 0.2) is 0 Å². The summed E-state index contributed by atoms with van der Waals surface area (Å²) in [5.74, 6) is -0.240. The first-order chi connectivity index (χ1) is 12.9. The summed E-state index contributed by atoms with van der Waals surface area (Å²) in [5, 5.41) is 0. The van der Waals surface area contributed by atoms with E-state index in [1.54, 1.807) is 16.2 Å². The number of rotatable bonds is 9. The molecule has 2 aromatic rings. The molecule has 0 aliphatic carbocycles. The fourth-order valence-corrected chi connectivity index (χ4v) is 3.71. The minimum Gasteiger partial charge on any atom is -0.375 e. The molecule has 1 aromatic carbocycles. The summed E-state index contributed by atoms with van der Waals surface area (Å²) in [6.07, 6.45) is 0. The van der Waals surface area contributed by atoms with Gasteiger partial charge in [-0.15, -0.1) is 11.3 Å². The molecule has 0 atom stereocenters. The van der Waals surface area contributed by atoms with E-state index in [9.17, 15) is 9.59 Å². The molecule has 2 amide bonds. The van der Waals surface area contributed by atoms with Crippen molar-refractivity contribution in [3.05, 3.63) is 57.8 Å². The predicted molar refractivity (Wildman–Crippen MR) is 108 cm³/mol. The van der Waals surface area contributed by atoms with Crippen LogP contribution in [0.25, 0.3) is 0 Å². The van der Waals surface area contributed by atoms with Gasteiger partial charge in [0.2, 0.25) is 11.8 Å². The van der Waals surface area contributed by atoms with Gasteiger partial charge in [-0.2, -0.15) is 0 Å². The van der Waals surface area contributed by atoms with Crippen LogP contribution in [-0.2, 0) is 27.4 Å². The maximum absolute atomic E-state index is 13.1. The second-order valence-electron chi connectivity index (χ2n) is 6.80. The summed E-state index contributed by atoms with van der Waals surface area (Å²) in [6.45, 7) is 6.96. The number of thiophene rings is 1. The number of methoxy groups -OCH3 is 1. The second-order valence-corrected chi connectivity index (χ2v) is 8.17. The molecule has 0 saturated carbocycles. The minimum absolute atomic E-state index is 0.0196. The van der Waals surface area contributed by atoms with Crippen molar-refractivity contribution in [1.29, 1.82) is 0 Å². The summed E-state index contributed by atoms with van der Waals surface area (Å²) in [7, 11) is 1.49. The monoisotopic (exact) mass is 388 g/mol. The molecule has 0 spiro atoms. The Morgan fingerprint density at radius 3 is 2.30 bits per heavy atom. The van der Waals surface area contributed by atoms with Crippen molar-refractivity contribution in [2.24, 2.45) is 0 Å². The first-order valence-electron chi connectivity index (χ1n) is 9.06. The highest BCUT2D eigenvalue weighted by molar-refractivity contribution is 7.11. The maximum Gasteiger partial charge on any atom is 0.249 e. The van der Waals surface area contributed by atoms with Crippen LogP contribution >= 0.6 is 11.3 Å². The van der Waals surface area contributed by atoms with Gasteiger partial charge in [-0.05, 0) is 38.5 Å². The molecule has 0 bridgehead atoms. The van der Waals surface area contributed by atoms with E-state index in [2.05, 4.69) is 19.1 Å². The molecule has 0 saturated heterocycles. The van der Waals surface area contributed by atoms with Gasteiger partial charge in [0.05, 0.1) is 6.54 Å². The molecule has 0 aliphatic rings. The molecule has 1 aromatic heterocycles. The van der Waals surface area contributed by atoms with Crippen LogP contribution < -0.4 is 0 Å². The Bertz CT molecular complexity index is 743. The molecule has 0 radical (unpaired) electrons. The highest BCUT2D eigenvalue weighted by atomic mass is 32.1. The fraction of sp³-hybridized carbons (Fsp3) is 0.429. The Morgan fingerprint density at radius 1 is 1.04 bits per heavy atom. The standard InChI is InChI=1S/C21H28N2O3S/c1-16(2)23(21(25)15-26-4)14-20(24)22(12-18-8-6-5-7-9-18)13-19-11-10-17(3)27-19/h5-11,16H,12-15H2,1-4H3. The molecule has 146 valence electrons. The third kappa shape index (κ3) is 6.48. The zero-order chi connectivity index (χ0) is 19.8. The minimum atomic E-state index is -0.174. The van der Waals surface area contributed by atoms with E-state index in [4.69, 9.17) is 4.74 Å². The lowest BCUT2D eigenvalue weighted by Crippen LogP contribution is -2.46. The van der Waals surface area contributed by atoms with E-state index in [1.165, 1.54) is 12.0 Å². The number of nitrogens with zero attached hydrogens (tertiary/aromatic N) is 2. The van der Waals surface area contributed by atoms with E-state index in [0.29, 0.717) is 13.1 Å². The van der Waals surface area contributed by atoms with Crippen molar-refractivity contribution in [3.8, 4) is 0 Å². The highest BCUT2D eigenvalue weighted by Gasteiger charge is 2.24. The Morgan fingerprint density at radius 2 is 1.74 bits per heavy atom. The van der Waals surface area contributed by atoms with Gasteiger partial charge in [-0.1, -0.05) is 30.3 Å². The van der Waals surface area contributed by atoms with Crippen LogP contribution in [0.1, 0.15) is 29.2 Å². The molecular formula is C21H28N2O3S. The molecule has 0 unspecified atom stereocenters. The van der Waals surface area contributed by atoms with Gasteiger partial charge in [0.25, 0.3) is 0 Å². The van der Waals surface area contributed by atoms with Crippen LogP contribution in [0.3, 0.4) is 0 Å². The lowest BCUT2D eigenvalue weighted by Gasteiger charge is -2.30. The van der Waals surface area contributed by atoms with Crippen molar-refractivity contribution in [3.63, 3.8) is 0 Å². The second kappa shape index (κ2) is 10.2. The quantitative estimate of drug-likeness (QED) is 0.661. The maximum atomic E-state index is 13.1. The first kappa shape index (κ1) is 21.1. The molecule has 1 heterocycles. The van der Waals surface area contributed by atoms with Gasteiger partial charge in [0, 0.05) is 29.5 Å². The lowest BCUT2D eigenvalue weighted by atomic mass is 10.2. The topological polar surface area (TPSA) is 49.9 Å². The molecule has 5 nitrogen and oxygen atoms in total. The van der Waals surface area contributed by atoms with E-state index in [1.807, 2.05) is 49.1 Å². The smallest absolute Gasteiger partial charge is 0.249 e. The van der Waals surface area contributed by atoms with E-state index >= 15 is 0 Å². The first-order valence-corrected chi connectivity index (χ1v) is 9.87. The van der Waals surface area contributed by atoms with E-state index in [0.717, 1.165) is 10.4 Å². The summed E-state index contributed by atoms with van der Waals surface area (Å²) in [4.78, 5) is 31.1. The summed E-state index contributed by atoms with van der Waals surface area (Å²) in [5.41, 5.74) is 1.07. The molecular weight excluding hydrogens is 360 g/mol. The molecule has 0 fully saturated rings. The summed E-state index contributed by atoms with van der Waals surface area (Å²) >= 11 is 1.69. The van der Waals surface area contributed by atoms with Crippen LogP contribution in [0.15, 0.2) is 42.5 Å². The average molecular weight is 389 g/mol. The number of hydrogen-bond acceptors (Lipinski definition) is 4. The fourth-order valence-electron chi connectivity index (χ4n) is 2.81. The Balaban J connectivity index is 2.17. The van der Waals surface area contributed by atoms with Crippen LogP contribution in [0, 0.1) is 6.92 Å². The van der Waals surface area contributed by atoms with Crippen LogP contribution in [0.2, 0.25) is 0 Å². The molecule has 27 heavy (non-hydrogen) atoms. The van der Waals surface area contributed by atoms with Gasteiger partial charge in [0.1, 0.15) is 13.2 Å². The predicted octanol–water partition coefficient (Wildman–Crippen LogP) is 3.47. The van der Waals surface area contributed by atoms with Crippen LogP contribution in [-0.4, -0.2) is 47.9 Å². The van der Waals surface area contributed by atoms with Gasteiger partial charge in [-0.25, -0.2) is 0 Å². The van der Waals surface area contributed by atoms with Gasteiger partial charge in [-0.3, -0.25) is 9.59 Å². The molecule has 2 rings (SSSR count). The van der Waals surface area contributed by atoms with Crippen LogP contribution in [0.4, 0.5) is 0 Å². The van der Waals surface area contributed by atoms with Crippen molar-refractivity contribution >= 4 is 23.2 Å². The Hall–Kier alpha value is -2.18. The van der Waals surface area contributed by atoms with E-state index in [-0.39, 0.29) is 31.0 Å². The van der Waals surface area contributed by atoms with Gasteiger partial charge >= 0.3 is 0 Å². The number of amides is 2. The molecule has 6 heteroatoms. The SMILES string of the molecule is COCC(=O)N(CC(=O)N(Cc1ccccc1)Cc1ccc(C)s1)C(C)C. The molecule has 0 aliphatic heterocycles. The van der Waals surface area contributed by atoms with Crippen molar-refractivity contribution in [1.82, 2.24) is 9.80 Å². The third-order valence-electron chi connectivity index (χ3n) is 4.23. The largest absolute Gasteiger partial charge is 0.375 e. The van der Waals surface area contributed by atoms with Gasteiger partial charge < -0.3 is 14.5 Å².